The second-order valence-electron chi connectivity index (χ2n) is 8.51. The number of methoxy groups -OCH3 is 1. The van der Waals surface area contributed by atoms with Gasteiger partial charge in [0.2, 0.25) is 11.9 Å². The van der Waals surface area contributed by atoms with Gasteiger partial charge in [-0.1, -0.05) is 0 Å². The normalized spacial score (nSPS) is 17.4. The molecule has 0 radical (unpaired) electrons. The zero-order valence-electron chi connectivity index (χ0n) is 19.7. The van der Waals surface area contributed by atoms with Crippen molar-refractivity contribution in [2.75, 3.05) is 44.0 Å². The Morgan fingerprint density at radius 1 is 1.18 bits per heavy atom. The molecule has 3 aromatic rings. The summed E-state index contributed by atoms with van der Waals surface area (Å²) in [5.74, 6) is 1.89. The third-order valence-electron chi connectivity index (χ3n) is 5.70. The Morgan fingerprint density at radius 2 is 1.94 bits per heavy atom. The third-order valence-corrected chi connectivity index (χ3v) is 5.70. The number of halogens is 3. The average Bonchev–Trinajstić information content (AvgIpc) is 3.39. The van der Waals surface area contributed by atoms with Gasteiger partial charge in [0, 0.05) is 31.4 Å². The SMILES string of the molecule is COc1cc(Nc2nc(N3CCN(C)C(C(F)(F)F)C3)n(C(C)C)n2)ccc1-n1cnc(C)n1. The van der Waals surface area contributed by atoms with Gasteiger partial charge >= 0.3 is 6.18 Å². The van der Waals surface area contributed by atoms with Crippen LogP contribution in [0.2, 0.25) is 0 Å². The largest absolute Gasteiger partial charge is 0.494 e. The van der Waals surface area contributed by atoms with Crippen molar-refractivity contribution < 1.29 is 17.9 Å². The van der Waals surface area contributed by atoms with Crippen LogP contribution in [0.3, 0.4) is 0 Å². The standard InChI is InChI=1S/C21H28F3N9O/c1-13(2)33-20(31-9-8-30(4)18(11-31)21(22,23)24)27-19(29-33)26-15-6-7-16(17(10-15)34-5)32-12-25-14(3)28-32/h6-7,10,12-13,18H,8-9,11H2,1-5H3,(H,26,29). The van der Waals surface area contributed by atoms with Gasteiger partial charge in [0.05, 0.1) is 13.2 Å². The summed E-state index contributed by atoms with van der Waals surface area (Å²) in [6.45, 7) is 6.12. The third kappa shape index (κ3) is 4.79. The van der Waals surface area contributed by atoms with Crippen LogP contribution >= 0.6 is 0 Å². The van der Waals surface area contributed by atoms with Gasteiger partial charge in [-0.2, -0.15) is 23.3 Å². The molecule has 1 aromatic carbocycles. The van der Waals surface area contributed by atoms with Crippen molar-refractivity contribution in [2.24, 2.45) is 0 Å². The molecular weight excluding hydrogens is 451 g/mol. The minimum absolute atomic E-state index is 0.0884. The molecule has 3 heterocycles. The maximum atomic E-state index is 13.5. The Kier molecular flexibility index (Phi) is 6.39. The van der Waals surface area contributed by atoms with Crippen molar-refractivity contribution >= 4 is 17.6 Å². The second-order valence-corrected chi connectivity index (χ2v) is 8.51. The summed E-state index contributed by atoms with van der Waals surface area (Å²) in [6.07, 6.45) is -2.72. The quantitative estimate of drug-likeness (QED) is 0.577. The Balaban J connectivity index is 1.60. The molecule has 1 N–H and O–H groups in total. The first kappa shape index (κ1) is 23.8. The summed E-state index contributed by atoms with van der Waals surface area (Å²) < 4.78 is 49.3. The van der Waals surface area contributed by atoms with Crippen molar-refractivity contribution in [3.63, 3.8) is 0 Å². The number of aromatic nitrogens is 6. The summed E-state index contributed by atoms with van der Waals surface area (Å²) in [5.41, 5.74) is 1.38. The lowest BCUT2D eigenvalue weighted by atomic mass is 10.2. The van der Waals surface area contributed by atoms with Crippen LogP contribution in [0, 0.1) is 6.92 Å². The fourth-order valence-electron chi connectivity index (χ4n) is 3.87. The lowest BCUT2D eigenvalue weighted by Crippen LogP contribution is -2.58. The minimum Gasteiger partial charge on any atom is -0.494 e. The van der Waals surface area contributed by atoms with Crippen LogP contribution in [0.1, 0.15) is 25.7 Å². The highest BCUT2D eigenvalue weighted by atomic mass is 19.4. The minimum atomic E-state index is -4.32. The number of nitrogens with one attached hydrogen (secondary N) is 1. The highest BCUT2D eigenvalue weighted by Crippen LogP contribution is 2.31. The lowest BCUT2D eigenvalue weighted by molar-refractivity contribution is -0.180. The van der Waals surface area contributed by atoms with E-state index in [9.17, 15) is 13.2 Å². The first-order valence-corrected chi connectivity index (χ1v) is 10.9. The summed E-state index contributed by atoms with van der Waals surface area (Å²) in [4.78, 5) is 11.7. The van der Waals surface area contributed by atoms with Crippen LogP contribution < -0.4 is 15.0 Å². The number of ether oxygens (including phenoxy) is 1. The molecule has 0 spiro atoms. The first-order chi connectivity index (χ1) is 16.1. The number of benzene rings is 1. The maximum absolute atomic E-state index is 13.5. The fourth-order valence-corrected chi connectivity index (χ4v) is 3.87. The topological polar surface area (TPSA) is 89.2 Å². The number of rotatable bonds is 6. The van der Waals surface area contributed by atoms with Gasteiger partial charge in [-0.3, -0.25) is 4.90 Å². The van der Waals surface area contributed by atoms with Crippen LogP contribution in [0.5, 0.6) is 5.75 Å². The number of aryl methyl sites for hydroxylation is 1. The second kappa shape index (κ2) is 9.12. The molecule has 1 saturated heterocycles. The van der Waals surface area contributed by atoms with Gasteiger partial charge in [-0.15, -0.1) is 5.10 Å². The van der Waals surface area contributed by atoms with Crippen LogP contribution in [-0.2, 0) is 0 Å². The van der Waals surface area contributed by atoms with E-state index in [1.54, 1.807) is 40.7 Å². The Morgan fingerprint density at radius 3 is 2.56 bits per heavy atom. The zero-order chi connectivity index (χ0) is 24.6. The number of hydrogen-bond donors (Lipinski definition) is 1. The van der Waals surface area contributed by atoms with Crippen LogP contribution in [0.25, 0.3) is 5.69 Å². The summed E-state index contributed by atoms with van der Waals surface area (Å²) >= 11 is 0. The van der Waals surface area contributed by atoms with Crippen molar-refractivity contribution in [3.8, 4) is 11.4 Å². The Hall–Kier alpha value is -3.35. The van der Waals surface area contributed by atoms with E-state index in [1.807, 2.05) is 26.0 Å². The molecule has 1 aliphatic heterocycles. The van der Waals surface area contributed by atoms with E-state index in [0.29, 0.717) is 35.4 Å². The molecule has 34 heavy (non-hydrogen) atoms. The number of likely N-dealkylation sites (N-methyl/N-ethyl adjacent to an activating group) is 1. The fraction of sp³-hybridized carbons (Fsp3) is 0.524. The monoisotopic (exact) mass is 479 g/mol. The molecule has 0 saturated carbocycles. The number of nitrogens with zero attached hydrogens (tertiary/aromatic N) is 8. The molecule has 13 heteroatoms. The predicted octanol–water partition coefficient (Wildman–Crippen LogP) is 3.18. The van der Waals surface area contributed by atoms with Crippen LogP contribution in [-0.4, -0.2) is 80.4 Å². The van der Waals surface area contributed by atoms with E-state index in [2.05, 4.69) is 25.5 Å². The Bertz CT molecular complexity index is 1140. The van der Waals surface area contributed by atoms with E-state index in [-0.39, 0.29) is 25.1 Å². The van der Waals surface area contributed by atoms with Crippen molar-refractivity contribution in [1.29, 1.82) is 0 Å². The summed E-state index contributed by atoms with van der Waals surface area (Å²) in [6, 6.07) is 3.77. The van der Waals surface area contributed by atoms with E-state index < -0.39 is 12.2 Å². The molecule has 184 valence electrons. The molecule has 0 bridgehead atoms. The van der Waals surface area contributed by atoms with Crippen molar-refractivity contribution in [1.82, 2.24) is 34.4 Å². The maximum Gasteiger partial charge on any atom is 0.405 e. The van der Waals surface area contributed by atoms with Gasteiger partial charge < -0.3 is 15.0 Å². The van der Waals surface area contributed by atoms with E-state index in [4.69, 9.17) is 4.74 Å². The smallest absolute Gasteiger partial charge is 0.405 e. The number of hydrogen-bond acceptors (Lipinski definition) is 8. The molecule has 4 rings (SSSR count). The highest BCUT2D eigenvalue weighted by molar-refractivity contribution is 5.62. The van der Waals surface area contributed by atoms with Gasteiger partial charge in [0.15, 0.2) is 0 Å². The summed E-state index contributed by atoms with van der Waals surface area (Å²) in [7, 11) is 3.05. The predicted molar refractivity (Wildman–Crippen MR) is 121 cm³/mol. The highest BCUT2D eigenvalue weighted by Gasteiger charge is 2.45. The summed E-state index contributed by atoms with van der Waals surface area (Å²) in [5, 5.41) is 12.0. The van der Waals surface area contributed by atoms with E-state index in [0.717, 1.165) is 0 Å². The first-order valence-electron chi connectivity index (χ1n) is 10.9. The van der Waals surface area contributed by atoms with E-state index in [1.165, 1.54) is 11.9 Å². The van der Waals surface area contributed by atoms with E-state index >= 15 is 0 Å². The molecule has 1 unspecified atom stereocenters. The molecule has 1 atom stereocenters. The lowest BCUT2D eigenvalue weighted by Gasteiger charge is -2.40. The molecule has 1 fully saturated rings. The van der Waals surface area contributed by atoms with Gasteiger partial charge in [-0.05, 0) is 40.0 Å². The molecule has 1 aliphatic rings. The molecule has 10 nitrogen and oxygen atoms in total. The molecular formula is C21H28F3N9O. The number of piperazine rings is 1. The average molecular weight is 480 g/mol. The molecule has 0 amide bonds. The van der Waals surface area contributed by atoms with Gasteiger partial charge in [0.1, 0.15) is 29.6 Å². The van der Waals surface area contributed by atoms with Crippen molar-refractivity contribution in [3.05, 3.63) is 30.4 Å². The van der Waals surface area contributed by atoms with Crippen molar-refractivity contribution in [2.45, 2.75) is 39.0 Å². The zero-order valence-corrected chi connectivity index (χ0v) is 19.7. The van der Waals surface area contributed by atoms with Crippen LogP contribution in [0.4, 0.5) is 30.8 Å². The van der Waals surface area contributed by atoms with Crippen LogP contribution in [0.15, 0.2) is 24.5 Å². The Labute approximate surface area is 195 Å². The molecule has 2 aromatic heterocycles. The van der Waals surface area contributed by atoms with Gasteiger partial charge in [0.25, 0.3) is 0 Å². The molecule has 0 aliphatic carbocycles. The number of alkyl halides is 3. The van der Waals surface area contributed by atoms with Gasteiger partial charge in [-0.25, -0.2) is 14.3 Å². The number of anilines is 3.